The number of ether oxygens (including phenoxy) is 2. The molecule has 1 aromatic rings. The van der Waals surface area contributed by atoms with E-state index in [2.05, 4.69) is 0 Å². The summed E-state index contributed by atoms with van der Waals surface area (Å²) in [5.41, 5.74) is -0.0120. The number of carbonyl (C=O) groups excluding carboxylic acids is 2. The smallest absolute Gasteiger partial charge is 0.228 e. The van der Waals surface area contributed by atoms with Crippen molar-refractivity contribution >= 4 is 17.5 Å². The third-order valence-corrected chi connectivity index (χ3v) is 4.12. The minimum Gasteiger partial charge on any atom is -0.383 e. The SMILES string of the molecule is COCCN(CCOC)C(=O)C1CC(=O)N(c2ccc(F)cc2F)C1. The zero-order chi connectivity index (χ0) is 18.4. The number of benzene rings is 1. The predicted molar refractivity (Wildman–Crippen MR) is 87.2 cm³/mol. The van der Waals surface area contributed by atoms with Crippen molar-refractivity contribution in [2.24, 2.45) is 5.92 Å². The van der Waals surface area contributed by atoms with Crippen LogP contribution in [0.15, 0.2) is 18.2 Å². The third-order valence-electron chi connectivity index (χ3n) is 4.12. The van der Waals surface area contributed by atoms with Gasteiger partial charge in [-0.1, -0.05) is 0 Å². The number of amides is 2. The number of anilines is 1. The monoisotopic (exact) mass is 356 g/mol. The van der Waals surface area contributed by atoms with E-state index >= 15 is 0 Å². The van der Waals surface area contributed by atoms with E-state index in [0.717, 1.165) is 12.1 Å². The highest BCUT2D eigenvalue weighted by atomic mass is 19.1. The summed E-state index contributed by atoms with van der Waals surface area (Å²) in [5.74, 6) is -2.68. The summed E-state index contributed by atoms with van der Waals surface area (Å²) < 4.78 is 37.0. The Balaban J connectivity index is 2.09. The van der Waals surface area contributed by atoms with E-state index in [9.17, 15) is 18.4 Å². The lowest BCUT2D eigenvalue weighted by atomic mass is 10.1. The second-order valence-electron chi connectivity index (χ2n) is 5.81. The third kappa shape index (κ3) is 4.73. The van der Waals surface area contributed by atoms with Gasteiger partial charge in [-0.3, -0.25) is 9.59 Å². The Labute approximate surface area is 145 Å². The molecule has 138 valence electrons. The van der Waals surface area contributed by atoms with Gasteiger partial charge in [-0.2, -0.15) is 0 Å². The van der Waals surface area contributed by atoms with Gasteiger partial charge in [0.2, 0.25) is 11.8 Å². The van der Waals surface area contributed by atoms with Gasteiger partial charge in [0, 0.05) is 46.3 Å². The van der Waals surface area contributed by atoms with E-state index in [1.807, 2.05) is 0 Å². The number of rotatable bonds is 8. The van der Waals surface area contributed by atoms with E-state index < -0.39 is 17.6 Å². The standard InChI is InChI=1S/C17H22F2N2O4/c1-24-7-5-20(6-8-25-2)17(23)12-9-16(22)21(11-12)15-4-3-13(18)10-14(15)19/h3-4,10,12H,5-9,11H2,1-2H3. The first kappa shape index (κ1) is 19.3. The van der Waals surface area contributed by atoms with Crippen molar-refractivity contribution < 1.29 is 27.8 Å². The quantitative estimate of drug-likeness (QED) is 0.707. The highest BCUT2D eigenvalue weighted by Crippen LogP contribution is 2.28. The number of halogens is 2. The molecule has 6 nitrogen and oxygen atoms in total. The Kier molecular flexibility index (Phi) is 6.83. The van der Waals surface area contributed by atoms with Crippen molar-refractivity contribution in [2.75, 3.05) is 52.0 Å². The molecule has 1 saturated heterocycles. The Morgan fingerprint density at radius 2 is 1.88 bits per heavy atom. The van der Waals surface area contributed by atoms with Gasteiger partial charge in [-0.05, 0) is 12.1 Å². The van der Waals surface area contributed by atoms with Gasteiger partial charge in [-0.25, -0.2) is 8.78 Å². The molecule has 0 radical (unpaired) electrons. The zero-order valence-corrected chi connectivity index (χ0v) is 14.3. The Morgan fingerprint density at radius 3 is 2.44 bits per heavy atom. The maximum Gasteiger partial charge on any atom is 0.228 e. The maximum absolute atomic E-state index is 13.9. The fourth-order valence-electron chi connectivity index (χ4n) is 2.80. The molecule has 0 spiro atoms. The molecule has 1 atom stereocenters. The van der Waals surface area contributed by atoms with E-state index in [1.165, 1.54) is 25.2 Å². The minimum atomic E-state index is -0.822. The second-order valence-corrected chi connectivity index (χ2v) is 5.81. The van der Waals surface area contributed by atoms with Gasteiger partial charge < -0.3 is 19.3 Å². The molecule has 0 aliphatic carbocycles. The van der Waals surface area contributed by atoms with Crippen molar-refractivity contribution in [3.63, 3.8) is 0 Å². The largest absolute Gasteiger partial charge is 0.383 e. The van der Waals surface area contributed by atoms with E-state index in [1.54, 1.807) is 4.90 Å². The molecule has 8 heteroatoms. The summed E-state index contributed by atoms with van der Waals surface area (Å²) in [6.07, 6.45) is -0.00782. The van der Waals surface area contributed by atoms with Crippen LogP contribution >= 0.6 is 0 Å². The number of hydrogen-bond acceptors (Lipinski definition) is 4. The van der Waals surface area contributed by atoms with Crippen LogP contribution in [0.25, 0.3) is 0 Å². The molecule has 0 aromatic heterocycles. The molecule has 2 rings (SSSR count). The van der Waals surface area contributed by atoms with Gasteiger partial charge in [0.1, 0.15) is 11.6 Å². The average Bonchev–Trinajstić information content (AvgIpc) is 2.96. The molecular formula is C17H22F2N2O4. The first-order chi connectivity index (χ1) is 12.0. The van der Waals surface area contributed by atoms with Gasteiger partial charge >= 0.3 is 0 Å². The maximum atomic E-state index is 13.9. The summed E-state index contributed by atoms with van der Waals surface area (Å²) >= 11 is 0. The van der Waals surface area contributed by atoms with E-state index in [4.69, 9.17) is 9.47 Å². The molecule has 1 aliphatic rings. The minimum absolute atomic E-state index is 0.00782. The van der Waals surface area contributed by atoms with E-state index in [0.29, 0.717) is 26.3 Å². The fraction of sp³-hybridized carbons (Fsp3) is 0.529. The van der Waals surface area contributed by atoms with Crippen LogP contribution in [0.4, 0.5) is 14.5 Å². The lowest BCUT2D eigenvalue weighted by Gasteiger charge is -2.25. The van der Waals surface area contributed by atoms with Crippen LogP contribution in [0.1, 0.15) is 6.42 Å². The Morgan fingerprint density at radius 1 is 1.24 bits per heavy atom. The molecule has 1 aromatic carbocycles. The molecular weight excluding hydrogens is 334 g/mol. The van der Waals surface area contributed by atoms with E-state index in [-0.39, 0.29) is 30.5 Å². The summed E-state index contributed by atoms with van der Waals surface area (Å²) in [5, 5.41) is 0. The predicted octanol–water partition coefficient (Wildman–Crippen LogP) is 1.44. The highest BCUT2D eigenvalue weighted by molar-refractivity contribution is 6.00. The highest BCUT2D eigenvalue weighted by Gasteiger charge is 2.38. The molecule has 0 saturated carbocycles. The second kappa shape index (κ2) is 8.87. The van der Waals surface area contributed by atoms with Crippen molar-refractivity contribution in [1.82, 2.24) is 4.90 Å². The van der Waals surface area contributed by atoms with Gasteiger partial charge in [0.15, 0.2) is 0 Å². The fourth-order valence-corrected chi connectivity index (χ4v) is 2.80. The average molecular weight is 356 g/mol. The number of nitrogens with zero attached hydrogens (tertiary/aromatic N) is 2. The number of hydrogen-bond donors (Lipinski definition) is 0. The Hall–Kier alpha value is -2.06. The van der Waals surface area contributed by atoms with Crippen LogP contribution in [0.2, 0.25) is 0 Å². The van der Waals surface area contributed by atoms with Crippen LogP contribution in [-0.4, -0.2) is 63.8 Å². The Bertz CT molecular complexity index is 619. The summed E-state index contributed by atoms with van der Waals surface area (Å²) in [6.45, 7) is 1.57. The number of methoxy groups -OCH3 is 2. The molecule has 1 heterocycles. The lowest BCUT2D eigenvalue weighted by Crippen LogP contribution is -2.41. The molecule has 2 amide bonds. The summed E-state index contributed by atoms with van der Waals surface area (Å²) in [4.78, 5) is 27.7. The van der Waals surface area contributed by atoms with Crippen molar-refractivity contribution in [3.8, 4) is 0 Å². The molecule has 0 bridgehead atoms. The molecule has 1 fully saturated rings. The molecule has 1 unspecified atom stereocenters. The van der Waals surface area contributed by atoms with Crippen LogP contribution in [-0.2, 0) is 19.1 Å². The van der Waals surface area contributed by atoms with Crippen LogP contribution in [0.5, 0.6) is 0 Å². The summed E-state index contributed by atoms with van der Waals surface area (Å²) in [7, 11) is 3.08. The first-order valence-corrected chi connectivity index (χ1v) is 8.00. The van der Waals surface area contributed by atoms with Gasteiger partial charge in [-0.15, -0.1) is 0 Å². The first-order valence-electron chi connectivity index (χ1n) is 8.00. The molecule has 1 aliphatic heterocycles. The van der Waals surface area contributed by atoms with Crippen molar-refractivity contribution in [2.45, 2.75) is 6.42 Å². The lowest BCUT2D eigenvalue weighted by molar-refractivity contribution is -0.137. The molecule has 0 N–H and O–H groups in total. The van der Waals surface area contributed by atoms with Crippen LogP contribution in [0.3, 0.4) is 0 Å². The van der Waals surface area contributed by atoms with Crippen molar-refractivity contribution in [1.29, 1.82) is 0 Å². The zero-order valence-electron chi connectivity index (χ0n) is 14.3. The van der Waals surface area contributed by atoms with Crippen LogP contribution in [0, 0.1) is 17.6 Å². The topological polar surface area (TPSA) is 59.1 Å². The van der Waals surface area contributed by atoms with Crippen LogP contribution < -0.4 is 4.90 Å². The number of carbonyl (C=O) groups is 2. The van der Waals surface area contributed by atoms with Crippen molar-refractivity contribution in [3.05, 3.63) is 29.8 Å². The van der Waals surface area contributed by atoms with Gasteiger partial charge in [0.25, 0.3) is 0 Å². The normalized spacial score (nSPS) is 17.2. The summed E-state index contributed by atoms with van der Waals surface area (Å²) in [6, 6.07) is 3.02. The van der Waals surface area contributed by atoms with Gasteiger partial charge in [0.05, 0.1) is 24.8 Å². The molecule has 25 heavy (non-hydrogen) atoms.